The maximum atomic E-state index is 6.13. The van der Waals surface area contributed by atoms with E-state index >= 15 is 0 Å². The van der Waals surface area contributed by atoms with Crippen LogP contribution in [-0.2, 0) is 0 Å². The molecule has 0 spiro atoms. The average molecular weight is 358 g/mol. The molecule has 6 heteroatoms. The van der Waals surface area contributed by atoms with E-state index in [0.717, 1.165) is 16.4 Å². The van der Waals surface area contributed by atoms with E-state index in [2.05, 4.69) is 10.3 Å². The van der Waals surface area contributed by atoms with Crippen molar-refractivity contribution in [3.8, 4) is 11.3 Å². The molecule has 0 unspecified atom stereocenters. The number of hydrogen-bond acceptors (Lipinski definition) is 3. The normalized spacial score (nSPS) is 10.0. The van der Waals surface area contributed by atoms with Crippen LogP contribution in [0.15, 0.2) is 53.9 Å². The molecule has 0 bridgehead atoms. The van der Waals surface area contributed by atoms with Gasteiger partial charge in [0.05, 0.1) is 21.4 Å². The summed E-state index contributed by atoms with van der Waals surface area (Å²) in [6.07, 6.45) is 0. The van der Waals surface area contributed by atoms with Crippen molar-refractivity contribution in [3.63, 3.8) is 0 Å². The van der Waals surface area contributed by atoms with Crippen LogP contribution in [0.4, 0.5) is 10.8 Å². The second kappa shape index (κ2) is 7.14. The first-order valence-electron chi connectivity index (χ1n) is 5.96. The van der Waals surface area contributed by atoms with Crippen molar-refractivity contribution < 1.29 is 0 Å². The molecule has 2 nitrogen and oxygen atoms in total. The predicted octanol–water partition coefficient (Wildman–Crippen LogP) is 6.28. The lowest BCUT2D eigenvalue weighted by molar-refractivity contribution is 1.38. The zero-order chi connectivity index (χ0) is 13.9. The molecule has 3 rings (SSSR count). The smallest absolute Gasteiger partial charge is 0.187 e. The third-order valence-electron chi connectivity index (χ3n) is 2.77. The molecule has 0 aliphatic carbocycles. The van der Waals surface area contributed by atoms with Crippen LogP contribution in [-0.4, -0.2) is 4.98 Å². The molecule has 0 saturated carbocycles. The van der Waals surface area contributed by atoms with Gasteiger partial charge in [-0.25, -0.2) is 4.98 Å². The summed E-state index contributed by atoms with van der Waals surface area (Å²) in [7, 11) is 0. The number of rotatable bonds is 3. The van der Waals surface area contributed by atoms with Crippen LogP contribution in [0.25, 0.3) is 11.3 Å². The zero-order valence-corrected chi connectivity index (χ0v) is 13.9. The van der Waals surface area contributed by atoms with Gasteiger partial charge in [0.15, 0.2) is 5.13 Å². The van der Waals surface area contributed by atoms with Crippen LogP contribution in [0.3, 0.4) is 0 Å². The fraction of sp³-hybridized carbons (Fsp3) is 0. The number of nitrogens with one attached hydrogen (secondary N) is 1. The third kappa shape index (κ3) is 3.69. The Kier molecular flexibility index (Phi) is 5.48. The van der Waals surface area contributed by atoms with E-state index in [4.69, 9.17) is 23.2 Å². The standard InChI is InChI=1S/C15H10Cl2N2S.ClH/c16-11-7-4-8-12(17)14(11)19-15-18-13(9-20-15)10-5-2-1-3-6-10;/h1-9H,(H,18,19);1H. The van der Waals surface area contributed by atoms with Crippen LogP contribution in [0.5, 0.6) is 0 Å². The Balaban J connectivity index is 0.00000161. The van der Waals surface area contributed by atoms with Gasteiger partial charge in [-0.2, -0.15) is 0 Å². The lowest BCUT2D eigenvalue weighted by Crippen LogP contribution is -1.91. The minimum atomic E-state index is 0. The van der Waals surface area contributed by atoms with E-state index in [1.165, 1.54) is 11.3 Å². The van der Waals surface area contributed by atoms with Crippen LogP contribution >= 0.6 is 46.9 Å². The highest BCUT2D eigenvalue weighted by Gasteiger charge is 2.09. The van der Waals surface area contributed by atoms with Crippen molar-refractivity contribution in [2.45, 2.75) is 0 Å². The molecule has 1 N–H and O–H groups in total. The van der Waals surface area contributed by atoms with Gasteiger partial charge in [-0.3, -0.25) is 0 Å². The average Bonchev–Trinajstić information content (AvgIpc) is 2.93. The van der Waals surface area contributed by atoms with Crippen LogP contribution in [0.2, 0.25) is 10.0 Å². The van der Waals surface area contributed by atoms with Crippen LogP contribution < -0.4 is 5.32 Å². The summed E-state index contributed by atoms with van der Waals surface area (Å²) in [6.45, 7) is 0. The van der Waals surface area contributed by atoms with Gasteiger partial charge in [0, 0.05) is 10.9 Å². The Hall–Kier alpha value is -1.26. The van der Waals surface area contributed by atoms with Crippen molar-refractivity contribution in [1.29, 1.82) is 0 Å². The molecule has 21 heavy (non-hydrogen) atoms. The zero-order valence-electron chi connectivity index (χ0n) is 10.7. The van der Waals surface area contributed by atoms with Gasteiger partial charge >= 0.3 is 0 Å². The predicted molar refractivity (Wildman–Crippen MR) is 94.5 cm³/mol. The molecule has 0 aliphatic heterocycles. The highest BCUT2D eigenvalue weighted by atomic mass is 35.5. The lowest BCUT2D eigenvalue weighted by Gasteiger charge is -2.06. The summed E-state index contributed by atoms with van der Waals surface area (Å²) in [6, 6.07) is 15.4. The Labute approximate surface area is 143 Å². The van der Waals surface area contributed by atoms with Gasteiger partial charge in [-0.05, 0) is 12.1 Å². The van der Waals surface area contributed by atoms with Gasteiger partial charge < -0.3 is 5.32 Å². The number of para-hydroxylation sites is 1. The first-order chi connectivity index (χ1) is 9.74. The molecule has 0 amide bonds. The first-order valence-corrected chi connectivity index (χ1v) is 7.59. The minimum Gasteiger partial charge on any atom is -0.329 e. The Bertz CT molecular complexity index is 709. The van der Waals surface area contributed by atoms with E-state index in [0.29, 0.717) is 15.7 Å². The second-order valence-electron chi connectivity index (χ2n) is 4.13. The molecule has 0 fully saturated rings. The topological polar surface area (TPSA) is 24.9 Å². The molecule has 1 heterocycles. The van der Waals surface area contributed by atoms with Gasteiger partial charge in [0.1, 0.15) is 0 Å². The van der Waals surface area contributed by atoms with E-state index in [1.54, 1.807) is 12.1 Å². The molecule has 0 atom stereocenters. The van der Waals surface area contributed by atoms with Crippen molar-refractivity contribution in [2.24, 2.45) is 0 Å². The number of hydrogen-bond donors (Lipinski definition) is 1. The molecule has 0 aliphatic rings. The highest BCUT2D eigenvalue weighted by Crippen LogP contribution is 2.34. The van der Waals surface area contributed by atoms with Crippen molar-refractivity contribution in [3.05, 3.63) is 64.0 Å². The van der Waals surface area contributed by atoms with Crippen LogP contribution in [0.1, 0.15) is 0 Å². The fourth-order valence-electron chi connectivity index (χ4n) is 1.80. The van der Waals surface area contributed by atoms with Crippen LogP contribution in [0, 0.1) is 0 Å². The maximum Gasteiger partial charge on any atom is 0.187 e. The minimum absolute atomic E-state index is 0. The van der Waals surface area contributed by atoms with Gasteiger partial charge in [-0.15, -0.1) is 23.7 Å². The molecule has 0 radical (unpaired) electrons. The van der Waals surface area contributed by atoms with Crippen molar-refractivity contribution >= 4 is 57.8 Å². The summed E-state index contributed by atoms with van der Waals surface area (Å²) in [5, 5.41) is 7.09. The number of halogens is 3. The molecular formula is C15H11Cl3N2S. The number of anilines is 2. The monoisotopic (exact) mass is 356 g/mol. The molecule has 2 aromatic carbocycles. The Morgan fingerprint density at radius 3 is 2.24 bits per heavy atom. The lowest BCUT2D eigenvalue weighted by atomic mass is 10.2. The van der Waals surface area contributed by atoms with E-state index < -0.39 is 0 Å². The Morgan fingerprint density at radius 2 is 1.57 bits per heavy atom. The highest BCUT2D eigenvalue weighted by molar-refractivity contribution is 7.14. The quantitative estimate of drug-likeness (QED) is 0.596. The van der Waals surface area contributed by atoms with Crippen molar-refractivity contribution in [1.82, 2.24) is 4.98 Å². The molecule has 1 aromatic heterocycles. The van der Waals surface area contributed by atoms with Crippen molar-refractivity contribution in [2.75, 3.05) is 5.32 Å². The number of thiazole rings is 1. The summed E-state index contributed by atoms with van der Waals surface area (Å²) in [5.74, 6) is 0. The third-order valence-corrected chi connectivity index (χ3v) is 4.16. The number of benzene rings is 2. The van der Waals surface area contributed by atoms with Gasteiger partial charge in [0.2, 0.25) is 0 Å². The van der Waals surface area contributed by atoms with E-state index in [-0.39, 0.29) is 12.4 Å². The van der Waals surface area contributed by atoms with E-state index in [1.807, 2.05) is 41.8 Å². The summed E-state index contributed by atoms with van der Waals surface area (Å²) < 4.78 is 0. The largest absolute Gasteiger partial charge is 0.329 e. The molecule has 3 aromatic rings. The first kappa shape index (κ1) is 16.1. The van der Waals surface area contributed by atoms with E-state index in [9.17, 15) is 0 Å². The number of nitrogens with zero attached hydrogens (tertiary/aromatic N) is 1. The molecular weight excluding hydrogens is 347 g/mol. The fourth-order valence-corrected chi connectivity index (χ4v) is 3.01. The Morgan fingerprint density at radius 1 is 0.905 bits per heavy atom. The summed E-state index contributed by atoms with van der Waals surface area (Å²) in [4.78, 5) is 4.55. The maximum absolute atomic E-state index is 6.13. The number of aromatic nitrogens is 1. The van der Waals surface area contributed by atoms with Gasteiger partial charge in [-0.1, -0.05) is 59.6 Å². The second-order valence-corrected chi connectivity index (χ2v) is 5.80. The molecule has 108 valence electrons. The summed E-state index contributed by atoms with van der Waals surface area (Å²) >= 11 is 13.8. The van der Waals surface area contributed by atoms with Gasteiger partial charge in [0.25, 0.3) is 0 Å². The SMILES string of the molecule is Cl.Clc1cccc(Cl)c1Nc1nc(-c2ccccc2)cs1. The molecule has 0 saturated heterocycles. The summed E-state index contributed by atoms with van der Waals surface area (Å²) in [5.41, 5.74) is 2.70.